The monoisotopic (exact) mass is 352 g/mol. The van der Waals surface area contributed by atoms with Gasteiger partial charge in [0.2, 0.25) is 5.91 Å². The molecule has 0 saturated heterocycles. The first-order chi connectivity index (χ1) is 12.5. The van der Waals surface area contributed by atoms with Crippen molar-refractivity contribution in [2.75, 3.05) is 0 Å². The molecule has 1 unspecified atom stereocenters. The van der Waals surface area contributed by atoms with Crippen molar-refractivity contribution < 1.29 is 4.79 Å². The third-order valence-corrected chi connectivity index (χ3v) is 4.37. The van der Waals surface area contributed by atoms with Crippen molar-refractivity contribution in [3.8, 4) is 0 Å². The Morgan fingerprint density at radius 3 is 2.77 bits per heavy atom. The van der Waals surface area contributed by atoms with Crippen molar-refractivity contribution in [3.63, 3.8) is 0 Å². The van der Waals surface area contributed by atoms with E-state index in [0.717, 1.165) is 23.0 Å². The summed E-state index contributed by atoms with van der Waals surface area (Å²) in [5, 5.41) is 3.09. The lowest BCUT2D eigenvalue weighted by Crippen LogP contribution is -2.31. The van der Waals surface area contributed by atoms with Crippen LogP contribution in [-0.4, -0.2) is 20.4 Å². The summed E-state index contributed by atoms with van der Waals surface area (Å²) < 4.78 is 1.61. The molecule has 0 aliphatic rings. The van der Waals surface area contributed by atoms with Crippen LogP contribution in [0.2, 0.25) is 0 Å². The van der Waals surface area contributed by atoms with Crippen LogP contribution in [0.3, 0.4) is 0 Å². The first kappa shape index (κ1) is 17.9. The number of imidazole rings is 1. The zero-order valence-corrected chi connectivity index (χ0v) is 15.1. The minimum Gasteiger partial charge on any atom is -0.349 e. The number of carbonyl (C=O) groups is 1. The van der Waals surface area contributed by atoms with Crippen LogP contribution in [0.4, 0.5) is 0 Å². The second kappa shape index (κ2) is 7.99. The fraction of sp³-hybridized carbons (Fsp3) is 0.350. The summed E-state index contributed by atoms with van der Waals surface area (Å²) in [6.45, 7) is 4.60. The lowest BCUT2D eigenvalue weighted by molar-refractivity contribution is -0.122. The van der Waals surface area contributed by atoms with Gasteiger partial charge in [0, 0.05) is 25.4 Å². The Labute approximate surface area is 152 Å². The van der Waals surface area contributed by atoms with Crippen molar-refractivity contribution in [1.29, 1.82) is 0 Å². The molecule has 0 bridgehead atoms. The third kappa shape index (κ3) is 4.20. The summed E-state index contributed by atoms with van der Waals surface area (Å²) in [7, 11) is 0. The Hall–Kier alpha value is -2.89. The van der Waals surface area contributed by atoms with Gasteiger partial charge in [-0.3, -0.25) is 14.3 Å². The number of aromatic nitrogens is 3. The second-order valence-corrected chi connectivity index (χ2v) is 6.88. The van der Waals surface area contributed by atoms with Gasteiger partial charge in [0.05, 0.1) is 17.1 Å². The summed E-state index contributed by atoms with van der Waals surface area (Å²) in [5.74, 6) is 0.369. The lowest BCUT2D eigenvalue weighted by atomic mass is 9.98. The molecule has 6 heteroatoms. The number of pyridine rings is 1. The van der Waals surface area contributed by atoms with E-state index in [1.165, 1.54) is 0 Å². The number of aryl methyl sites for hydroxylation is 1. The maximum atomic E-state index is 12.5. The lowest BCUT2D eigenvalue weighted by Gasteiger charge is -2.21. The van der Waals surface area contributed by atoms with Gasteiger partial charge in [-0.2, -0.15) is 0 Å². The second-order valence-electron chi connectivity index (χ2n) is 6.88. The van der Waals surface area contributed by atoms with Crippen molar-refractivity contribution in [1.82, 2.24) is 19.9 Å². The fourth-order valence-electron chi connectivity index (χ4n) is 3.14. The highest BCUT2D eigenvalue weighted by Gasteiger charge is 2.17. The summed E-state index contributed by atoms with van der Waals surface area (Å²) in [6.07, 6.45) is 4.60. The van der Waals surface area contributed by atoms with Crippen molar-refractivity contribution >= 4 is 16.9 Å². The molecule has 0 radical (unpaired) electrons. The molecule has 2 heterocycles. The van der Waals surface area contributed by atoms with Crippen molar-refractivity contribution in [2.24, 2.45) is 5.92 Å². The van der Waals surface area contributed by atoms with Crippen LogP contribution in [-0.2, 0) is 11.3 Å². The highest BCUT2D eigenvalue weighted by Crippen LogP contribution is 2.20. The van der Waals surface area contributed by atoms with E-state index in [2.05, 4.69) is 29.1 Å². The van der Waals surface area contributed by atoms with Crippen LogP contribution in [0.25, 0.3) is 11.0 Å². The number of nitrogens with one attached hydrogen (secondary N) is 2. The van der Waals surface area contributed by atoms with E-state index in [4.69, 9.17) is 0 Å². The maximum Gasteiger partial charge on any atom is 0.326 e. The number of amides is 1. The van der Waals surface area contributed by atoms with E-state index >= 15 is 0 Å². The number of H-pyrrole nitrogens is 1. The Balaban J connectivity index is 1.68. The van der Waals surface area contributed by atoms with Gasteiger partial charge >= 0.3 is 5.69 Å². The summed E-state index contributed by atoms with van der Waals surface area (Å²) >= 11 is 0. The number of para-hydroxylation sites is 2. The van der Waals surface area contributed by atoms with Gasteiger partial charge in [0.25, 0.3) is 0 Å². The average molecular weight is 352 g/mol. The standard InChI is InChI=1S/C20H24N4O2/c1-14(2)12-17(15-6-5-10-21-13-15)22-19(25)9-11-24-18-8-4-3-7-16(18)23-20(24)26/h3-8,10,13-14,17H,9,11-12H2,1-2H3,(H,22,25)(H,23,26). The summed E-state index contributed by atoms with van der Waals surface area (Å²) in [6, 6.07) is 11.3. The molecule has 136 valence electrons. The fourth-order valence-corrected chi connectivity index (χ4v) is 3.14. The van der Waals surface area contributed by atoms with E-state index < -0.39 is 0 Å². The molecule has 2 N–H and O–H groups in total. The van der Waals surface area contributed by atoms with Gasteiger partial charge < -0.3 is 10.3 Å². The molecule has 2 aromatic heterocycles. The molecule has 26 heavy (non-hydrogen) atoms. The van der Waals surface area contributed by atoms with E-state index in [-0.39, 0.29) is 24.1 Å². The van der Waals surface area contributed by atoms with Crippen LogP contribution < -0.4 is 11.0 Å². The number of rotatable bonds is 7. The van der Waals surface area contributed by atoms with Crippen LogP contribution in [0.1, 0.15) is 38.3 Å². The predicted molar refractivity (Wildman–Crippen MR) is 102 cm³/mol. The highest BCUT2D eigenvalue weighted by atomic mass is 16.2. The molecule has 0 fully saturated rings. The Morgan fingerprint density at radius 1 is 1.23 bits per heavy atom. The van der Waals surface area contributed by atoms with E-state index in [0.29, 0.717) is 12.5 Å². The normalized spacial score (nSPS) is 12.4. The summed E-state index contributed by atoms with van der Waals surface area (Å²) in [5.41, 5.74) is 2.41. The minimum atomic E-state index is -0.190. The SMILES string of the molecule is CC(C)CC(NC(=O)CCn1c(=O)[nH]c2ccccc21)c1cccnc1. The van der Waals surface area contributed by atoms with Gasteiger partial charge in [-0.1, -0.05) is 32.0 Å². The number of hydrogen-bond acceptors (Lipinski definition) is 3. The first-order valence-corrected chi connectivity index (χ1v) is 8.91. The largest absolute Gasteiger partial charge is 0.349 e. The maximum absolute atomic E-state index is 12.5. The van der Waals surface area contributed by atoms with Gasteiger partial charge in [-0.15, -0.1) is 0 Å². The zero-order valence-electron chi connectivity index (χ0n) is 15.1. The van der Waals surface area contributed by atoms with Gasteiger partial charge in [-0.05, 0) is 36.1 Å². The van der Waals surface area contributed by atoms with E-state index in [1.54, 1.807) is 17.0 Å². The van der Waals surface area contributed by atoms with Crippen LogP contribution in [0, 0.1) is 5.92 Å². The molecule has 3 rings (SSSR count). The minimum absolute atomic E-state index is 0.0725. The van der Waals surface area contributed by atoms with Gasteiger partial charge in [0.1, 0.15) is 0 Å². The molecule has 1 atom stereocenters. The number of nitrogens with zero attached hydrogens (tertiary/aromatic N) is 2. The molecule has 1 amide bonds. The smallest absolute Gasteiger partial charge is 0.326 e. The molecule has 0 aliphatic carbocycles. The molecule has 1 aromatic carbocycles. The van der Waals surface area contributed by atoms with Crippen LogP contribution in [0.15, 0.2) is 53.6 Å². The van der Waals surface area contributed by atoms with Crippen molar-refractivity contribution in [2.45, 2.75) is 39.3 Å². The van der Waals surface area contributed by atoms with Crippen LogP contribution in [0.5, 0.6) is 0 Å². The molecular weight excluding hydrogens is 328 g/mol. The van der Waals surface area contributed by atoms with Crippen LogP contribution >= 0.6 is 0 Å². The van der Waals surface area contributed by atoms with Gasteiger partial charge in [0.15, 0.2) is 0 Å². The Morgan fingerprint density at radius 2 is 2.04 bits per heavy atom. The zero-order chi connectivity index (χ0) is 18.5. The number of hydrogen-bond donors (Lipinski definition) is 2. The van der Waals surface area contributed by atoms with E-state index in [9.17, 15) is 9.59 Å². The number of aromatic amines is 1. The molecule has 6 nitrogen and oxygen atoms in total. The number of fused-ring (bicyclic) bond motifs is 1. The molecule has 0 spiro atoms. The van der Waals surface area contributed by atoms with E-state index in [1.807, 2.05) is 36.4 Å². The number of benzene rings is 1. The molecule has 0 saturated carbocycles. The van der Waals surface area contributed by atoms with Gasteiger partial charge in [-0.25, -0.2) is 4.79 Å². The molecule has 3 aromatic rings. The first-order valence-electron chi connectivity index (χ1n) is 8.91. The Bertz CT molecular complexity index is 928. The predicted octanol–water partition coefficient (Wildman–Crippen LogP) is 3.02. The average Bonchev–Trinajstić information content (AvgIpc) is 2.95. The molecular formula is C20H24N4O2. The summed E-state index contributed by atoms with van der Waals surface area (Å²) in [4.78, 5) is 31.6. The third-order valence-electron chi connectivity index (χ3n) is 4.37. The molecule has 0 aliphatic heterocycles. The highest BCUT2D eigenvalue weighted by molar-refractivity contribution is 5.77. The Kier molecular flexibility index (Phi) is 5.51. The number of carbonyl (C=O) groups excluding carboxylic acids is 1. The quantitative estimate of drug-likeness (QED) is 0.686. The topological polar surface area (TPSA) is 79.8 Å². The van der Waals surface area contributed by atoms with Crippen molar-refractivity contribution in [3.05, 3.63) is 64.8 Å².